The topological polar surface area (TPSA) is 95.3 Å². The Morgan fingerprint density at radius 2 is 0.875 bits per heavy atom. The molecule has 0 aliphatic carbocycles. The van der Waals surface area contributed by atoms with Crippen molar-refractivity contribution in [1.29, 1.82) is 0 Å². The van der Waals surface area contributed by atoms with Gasteiger partial charge in [0.2, 0.25) is 0 Å². The van der Waals surface area contributed by atoms with E-state index in [1.54, 1.807) is 6.92 Å². The summed E-state index contributed by atoms with van der Waals surface area (Å²) in [6.07, 6.45) is 21.0. The van der Waals surface area contributed by atoms with E-state index in [-0.39, 0.29) is 12.4 Å². The highest BCUT2D eigenvalue weighted by molar-refractivity contribution is 5.99. The van der Waals surface area contributed by atoms with Crippen LogP contribution < -0.4 is 18.4 Å². The van der Waals surface area contributed by atoms with E-state index >= 15 is 0 Å². The van der Waals surface area contributed by atoms with Gasteiger partial charge in [-0.25, -0.2) is 23.7 Å². The Labute approximate surface area is 324 Å². The van der Waals surface area contributed by atoms with Crippen LogP contribution in [0.1, 0.15) is 36.1 Å². The number of aromatic amines is 2. The minimum Gasteiger partial charge on any atom is -0.427 e. The molecule has 0 saturated heterocycles. The van der Waals surface area contributed by atoms with Crippen LogP contribution in [0.25, 0.3) is 90.9 Å². The number of nitrogens with zero attached hydrogens (tertiary/aromatic N) is 5. The molecule has 9 heteroatoms. The molecule has 0 atom stereocenters. The third kappa shape index (κ3) is 6.49. The van der Waals surface area contributed by atoms with Crippen LogP contribution in [0.4, 0.5) is 0 Å². The summed E-state index contributed by atoms with van der Waals surface area (Å²) in [4.78, 5) is 30.7. The number of aromatic nitrogens is 7. The maximum atomic E-state index is 12.4. The number of carbonyl (C=O) groups excluding carboxylic acids is 1. The molecule has 9 nitrogen and oxygen atoms in total. The van der Waals surface area contributed by atoms with E-state index < -0.39 is 0 Å². The van der Waals surface area contributed by atoms with E-state index in [9.17, 15) is 4.79 Å². The number of H-pyrrole nitrogens is 2. The van der Waals surface area contributed by atoms with E-state index in [1.165, 1.54) is 0 Å². The van der Waals surface area contributed by atoms with Gasteiger partial charge >= 0.3 is 5.97 Å². The summed E-state index contributed by atoms with van der Waals surface area (Å²) in [6.45, 7) is 1.79. The van der Waals surface area contributed by atoms with Crippen molar-refractivity contribution >= 4 is 52.3 Å². The van der Waals surface area contributed by atoms with Crippen LogP contribution in [0.2, 0.25) is 0 Å². The highest BCUT2D eigenvalue weighted by atomic mass is 16.5. The second-order valence-electron chi connectivity index (χ2n) is 14.1. The minimum atomic E-state index is -0.291. The number of aryl methyl sites for hydroxylation is 3. The lowest BCUT2D eigenvalue weighted by Crippen LogP contribution is -2.25. The highest BCUT2D eigenvalue weighted by Crippen LogP contribution is 2.38. The molecule has 8 bridgehead atoms. The summed E-state index contributed by atoms with van der Waals surface area (Å²) in [6, 6.07) is 28.8. The van der Waals surface area contributed by atoms with Crippen molar-refractivity contribution in [1.82, 2.24) is 19.9 Å². The van der Waals surface area contributed by atoms with Crippen molar-refractivity contribution in [3.05, 3.63) is 145 Å². The summed E-state index contributed by atoms with van der Waals surface area (Å²) < 4.78 is 11.8. The zero-order chi connectivity index (χ0) is 38.3. The lowest BCUT2D eigenvalue weighted by atomic mass is 10.0. The molecule has 2 N–H and O–H groups in total. The molecule has 0 radical (unpaired) electrons. The lowest BCUT2D eigenvalue weighted by Gasteiger charge is -2.08. The van der Waals surface area contributed by atoms with Gasteiger partial charge in [-0.1, -0.05) is 19.1 Å². The first kappa shape index (κ1) is 34.5. The van der Waals surface area contributed by atoms with Crippen molar-refractivity contribution in [3.8, 4) is 50.3 Å². The van der Waals surface area contributed by atoms with Crippen LogP contribution in [-0.4, -0.2) is 25.9 Å². The number of carbonyl (C=O) groups is 1. The van der Waals surface area contributed by atoms with Gasteiger partial charge in [0.05, 0.1) is 22.8 Å². The van der Waals surface area contributed by atoms with E-state index in [0.29, 0.717) is 5.75 Å². The number of rotatable bonds is 6. The number of nitrogens with one attached hydrogen (secondary N) is 2. The molecule has 0 fully saturated rings. The standard InChI is InChI=1S/C47H39N7O2/c1-5-43(55)56-34-8-6-7-33(29-34)47-41-15-13-39(50-41)45(31-19-25-53(3)26-20-31)37-11-9-35(48-37)44(30-17-23-52(2)24-18-30)36-10-12-38(49-36)46(40-14-16-42(47)51-40)32-21-27-54(4)28-22-32/h6-29H,5H2,1-4H3,(H,48,49,50,51)/q+2/p+1. The fourth-order valence-corrected chi connectivity index (χ4v) is 7.34. The highest BCUT2D eigenvalue weighted by Gasteiger charge is 2.20. The average Bonchev–Trinajstić information content (AvgIpc) is 4.05. The number of benzene rings is 1. The Bertz CT molecular complexity index is 2860. The molecule has 0 unspecified atom stereocenters. The van der Waals surface area contributed by atoms with Crippen molar-refractivity contribution in [3.63, 3.8) is 0 Å². The molecule has 8 heterocycles. The maximum absolute atomic E-state index is 12.4. The van der Waals surface area contributed by atoms with Gasteiger partial charge in [0, 0.05) is 87.1 Å². The number of hydrogen-bond donors (Lipinski definition) is 2. The zero-order valence-corrected chi connectivity index (χ0v) is 31.6. The predicted octanol–water partition coefficient (Wildman–Crippen LogP) is 8.11. The van der Waals surface area contributed by atoms with Crippen molar-refractivity contribution in [2.75, 3.05) is 0 Å². The van der Waals surface area contributed by atoms with Gasteiger partial charge < -0.3 is 14.7 Å². The molecular weight excluding hydrogens is 695 g/mol. The Balaban J connectivity index is 1.44. The monoisotopic (exact) mass is 734 g/mol. The molecule has 2 aliphatic rings. The van der Waals surface area contributed by atoms with Crippen molar-refractivity contribution < 1.29 is 23.2 Å². The van der Waals surface area contributed by atoms with Crippen molar-refractivity contribution in [2.45, 2.75) is 13.3 Å². The van der Waals surface area contributed by atoms with Crippen LogP contribution in [0.5, 0.6) is 5.75 Å². The molecule has 9 rings (SSSR count). The second kappa shape index (κ2) is 14.2. The first-order valence-corrected chi connectivity index (χ1v) is 18.7. The van der Waals surface area contributed by atoms with Gasteiger partial charge in [-0.2, -0.15) is 0 Å². The average molecular weight is 735 g/mol. The lowest BCUT2D eigenvalue weighted by molar-refractivity contribution is -0.671. The summed E-state index contributed by atoms with van der Waals surface area (Å²) >= 11 is 0. The van der Waals surface area contributed by atoms with Gasteiger partial charge in [0.1, 0.15) is 26.9 Å². The van der Waals surface area contributed by atoms with Gasteiger partial charge in [0.15, 0.2) is 37.2 Å². The number of esters is 1. The summed E-state index contributed by atoms with van der Waals surface area (Å²) in [5.74, 6) is 0.189. The van der Waals surface area contributed by atoms with E-state index in [4.69, 9.17) is 14.7 Å². The van der Waals surface area contributed by atoms with E-state index in [1.807, 2.05) is 83.9 Å². The molecule has 1 aromatic carbocycles. The maximum Gasteiger partial charge on any atom is 0.310 e. The molecule has 272 valence electrons. The normalized spacial score (nSPS) is 11.9. The van der Waals surface area contributed by atoms with Crippen molar-refractivity contribution in [2.24, 2.45) is 21.1 Å². The number of pyridine rings is 3. The predicted molar refractivity (Wildman–Crippen MR) is 220 cm³/mol. The van der Waals surface area contributed by atoms with Crippen LogP contribution >= 0.6 is 0 Å². The van der Waals surface area contributed by atoms with Crippen LogP contribution in [0.3, 0.4) is 0 Å². The number of ether oxygens (including phenoxy) is 1. The minimum absolute atomic E-state index is 0.280. The summed E-state index contributed by atoms with van der Waals surface area (Å²) in [5, 5.41) is 0. The summed E-state index contributed by atoms with van der Waals surface area (Å²) in [5.41, 5.74) is 14.7. The quantitative estimate of drug-likeness (QED) is 0.103. The molecule has 0 spiro atoms. The number of hydrogen-bond acceptors (Lipinski definition) is 4. The first-order chi connectivity index (χ1) is 27.3. The first-order valence-electron chi connectivity index (χ1n) is 18.7. The Hall–Kier alpha value is -7.26. The number of fused-ring (bicyclic) bond motifs is 8. The van der Waals surface area contributed by atoms with Gasteiger partial charge in [-0.15, -0.1) is 0 Å². The molecule has 56 heavy (non-hydrogen) atoms. The molecule has 0 saturated carbocycles. The molecule has 2 aliphatic heterocycles. The van der Waals surface area contributed by atoms with Gasteiger partial charge in [0.25, 0.3) is 0 Å². The van der Waals surface area contributed by atoms with Crippen LogP contribution in [-0.2, 0) is 25.9 Å². The zero-order valence-electron chi connectivity index (χ0n) is 31.6. The third-order valence-electron chi connectivity index (χ3n) is 10.2. The Kier molecular flexibility index (Phi) is 8.74. The Morgan fingerprint density at radius 3 is 1.23 bits per heavy atom. The van der Waals surface area contributed by atoms with Crippen LogP contribution in [0.15, 0.2) is 122 Å². The SMILES string of the molecule is CCC(=O)Oc1cccc(-c2c3nc(c(-c4cc[n+](C)cc4)c4ccc([nH]4)c(-c4cc[n+](C)cc4)c4nc(c(-c5cc[n+](C)cc5)c5ccc2[nH]5)C=C4)C=C3)c1. The van der Waals surface area contributed by atoms with Crippen LogP contribution in [0, 0.1) is 0 Å². The Morgan fingerprint density at radius 1 is 0.518 bits per heavy atom. The fourth-order valence-electron chi connectivity index (χ4n) is 7.34. The van der Waals surface area contributed by atoms with E-state index in [0.717, 1.165) is 89.4 Å². The summed E-state index contributed by atoms with van der Waals surface area (Å²) in [7, 11) is 6.05. The fraction of sp³-hybridized carbons (Fsp3) is 0.106. The van der Waals surface area contributed by atoms with E-state index in [2.05, 4.69) is 107 Å². The molecular formula is C47H40N7O2+3. The molecule has 0 amide bonds. The molecule has 6 aromatic heterocycles. The van der Waals surface area contributed by atoms with Gasteiger partial charge in [-0.3, -0.25) is 4.79 Å². The third-order valence-corrected chi connectivity index (χ3v) is 10.2. The smallest absolute Gasteiger partial charge is 0.310 e. The largest absolute Gasteiger partial charge is 0.427 e. The molecule has 7 aromatic rings. The second-order valence-corrected chi connectivity index (χ2v) is 14.1. The van der Waals surface area contributed by atoms with Gasteiger partial charge in [-0.05, 0) is 83.0 Å².